The molecule has 2 heterocycles. The Morgan fingerprint density at radius 3 is 0.938 bits per heavy atom. The van der Waals surface area contributed by atoms with Crippen molar-refractivity contribution in [2.24, 2.45) is 0 Å². The number of nitrogens with zero attached hydrogens (tertiary/aromatic N) is 1. The normalized spacial score (nSPS) is 11.1. The molecule has 0 saturated carbocycles. The Morgan fingerprint density at radius 2 is 0.505 bits per heavy atom. The lowest BCUT2D eigenvalue weighted by Gasteiger charge is -2.26. The second-order valence-electron chi connectivity index (χ2n) is 24.1. The smallest absolute Gasteiger partial charge is 0.143 e. The van der Waals surface area contributed by atoms with Gasteiger partial charge in [0.1, 0.15) is 22.3 Å². The Kier molecular flexibility index (Phi) is 16.6. The maximum atomic E-state index is 6.34. The molecule has 0 aliphatic carbocycles. The average Bonchev–Trinajstić information content (AvgIpc) is 1.63. The van der Waals surface area contributed by atoms with Crippen LogP contribution in [-0.4, -0.2) is 0 Å². The molecule has 5 heteroatoms. The zero-order valence-electron chi connectivity index (χ0n) is 52.9. The van der Waals surface area contributed by atoms with Gasteiger partial charge in [0.05, 0.1) is 0 Å². The van der Waals surface area contributed by atoms with E-state index in [1.165, 1.54) is 66.1 Å². The molecule has 0 bridgehead atoms. The summed E-state index contributed by atoms with van der Waals surface area (Å²) < 4.78 is 13.7. The molecule has 18 aromatic rings. The van der Waals surface area contributed by atoms with Gasteiger partial charge in [-0.05, 0) is 162 Å². The quantitative estimate of drug-likeness (QED) is 0.140. The molecular weight excluding hydrogens is 1240 g/mol. The number of para-hydroxylation sites is 5. The van der Waals surface area contributed by atoms with Crippen LogP contribution in [0.2, 0.25) is 0 Å². The van der Waals surface area contributed by atoms with Crippen molar-refractivity contribution >= 4 is 110 Å². The Bertz CT molecular complexity index is 5740. The van der Waals surface area contributed by atoms with Gasteiger partial charge in [0, 0.05) is 65.6 Å². The Hall–Kier alpha value is -12.3. The molecule has 0 aliphatic rings. The third-order valence-electron chi connectivity index (χ3n) is 18.1. The van der Waals surface area contributed by atoms with Gasteiger partial charge in [0.25, 0.3) is 0 Å². The molecule has 16 aromatic carbocycles. The largest absolute Gasteiger partial charge is 0.455 e. The number of hydrogen-bond donors (Lipinski definition) is 1. The zero-order chi connectivity index (χ0) is 64.9. The van der Waals surface area contributed by atoms with E-state index >= 15 is 0 Å². The van der Waals surface area contributed by atoms with E-state index < -0.39 is 0 Å². The highest BCUT2D eigenvalue weighted by atomic mass is 79.9. The summed E-state index contributed by atoms with van der Waals surface area (Å²) in [4.78, 5) is 2.30. The molecule has 0 fully saturated rings. The van der Waals surface area contributed by atoms with Crippen molar-refractivity contribution in [3.05, 3.63) is 381 Å². The van der Waals surface area contributed by atoms with E-state index in [0.29, 0.717) is 0 Å². The van der Waals surface area contributed by atoms with Crippen LogP contribution in [0.25, 0.3) is 132 Å². The molecule has 0 saturated heterocycles. The van der Waals surface area contributed by atoms with Crippen LogP contribution < -0.4 is 10.2 Å². The van der Waals surface area contributed by atoms with Gasteiger partial charge in [-0.1, -0.05) is 307 Å². The third kappa shape index (κ3) is 12.5. The van der Waals surface area contributed by atoms with Crippen LogP contribution in [0.15, 0.2) is 389 Å². The second-order valence-corrected chi connectivity index (χ2v) is 25.0. The maximum Gasteiger partial charge on any atom is 0.143 e. The maximum absolute atomic E-state index is 6.34. The standard InChI is InChI=1S/C46H31NO.C40H27NO.C6H5Br/c1-2-12-37(13-3-1)47(39-30-26-36(27-31-39)42-17-9-18-44-43-15-6-7-19-45(43)48-46(42)44)38-28-24-33(25-29-38)32-20-22-35(23-21-32)41-16-8-11-34-10-4-5-14-40(34)41;1-2-9-34-29(7-1)8-5-11-35(34)30-17-15-27(16-18-30)28-19-23-32(24-20-28)41-33-25-21-31(22-26-33)36-12-6-13-38-37-10-3-4-14-39(37)42-40(36)38;7-6-4-2-1-3-5-6/h1-31H;1-26,41H;1-5H. The first-order chi connectivity index (χ1) is 48.0. The summed E-state index contributed by atoms with van der Waals surface area (Å²) in [6.07, 6.45) is 0. The minimum absolute atomic E-state index is 0.913. The predicted molar refractivity (Wildman–Crippen MR) is 414 cm³/mol. The molecule has 2 aromatic heterocycles. The highest BCUT2D eigenvalue weighted by Crippen LogP contribution is 2.42. The van der Waals surface area contributed by atoms with Crippen LogP contribution in [0, 0.1) is 0 Å². The lowest BCUT2D eigenvalue weighted by Crippen LogP contribution is -2.09. The van der Waals surface area contributed by atoms with Crippen molar-refractivity contribution in [2.45, 2.75) is 0 Å². The van der Waals surface area contributed by atoms with Crippen molar-refractivity contribution in [3.8, 4) is 66.8 Å². The molecule has 0 radical (unpaired) electrons. The number of fused-ring (bicyclic) bond motifs is 8. The third-order valence-corrected chi connectivity index (χ3v) is 18.7. The summed E-state index contributed by atoms with van der Waals surface area (Å²) in [5.41, 5.74) is 23.3. The lowest BCUT2D eigenvalue weighted by atomic mass is 9.96. The molecule has 0 aliphatic heterocycles. The fourth-order valence-corrected chi connectivity index (χ4v) is 13.6. The SMILES string of the molecule is Brc1ccccc1.c1ccc(N(c2ccc(-c3ccc(-c4cccc5ccccc45)cc3)cc2)c2ccc(-c3cccc4c3oc3ccccc34)cc2)cc1.c1ccc2c(-c3ccc(-c4ccc(Nc5ccc(-c6cccc7c6oc6ccccc67)cc5)cc4)cc3)cccc2c1. The van der Waals surface area contributed by atoms with E-state index in [1.54, 1.807) is 0 Å². The van der Waals surface area contributed by atoms with E-state index in [2.05, 4.69) is 348 Å². The minimum atomic E-state index is 0.913. The molecule has 18 rings (SSSR count). The summed E-state index contributed by atoms with van der Waals surface area (Å²) >= 11 is 3.31. The monoisotopic (exact) mass is 1310 g/mol. The van der Waals surface area contributed by atoms with E-state index in [-0.39, 0.29) is 0 Å². The molecule has 460 valence electrons. The number of rotatable bonds is 11. The first kappa shape index (κ1) is 59.7. The minimum Gasteiger partial charge on any atom is -0.455 e. The average molecular weight is 1310 g/mol. The number of nitrogens with one attached hydrogen (secondary N) is 1. The van der Waals surface area contributed by atoms with Crippen LogP contribution in [0.3, 0.4) is 0 Å². The van der Waals surface area contributed by atoms with E-state index in [0.717, 1.165) is 99.0 Å². The number of anilines is 5. The highest BCUT2D eigenvalue weighted by Gasteiger charge is 2.17. The van der Waals surface area contributed by atoms with Crippen molar-refractivity contribution in [1.82, 2.24) is 0 Å². The van der Waals surface area contributed by atoms with E-state index in [4.69, 9.17) is 8.83 Å². The van der Waals surface area contributed by atoms with Gasteiger partial charge in [-0.2, -0.15) is 0 Å². The fourth-order valence-electron chi connectivity index (χ4n) is 13.3. The van der Waals surface area contributed by atoms with Crippen LogP contribution in [0.1, 0.15) is 0 Å². The van der Waals surface area contributed by atoms with Crippen molar-refractivity contribution in [1.29, 1.82) is 0 Å². The molecular formula is C92H63BrN2O2. The fraction of sp³-hybridized carbons (Fsp3) is 0. The summed E-state index contributed by atoms with van der Waals surface area (Å²) in [5.74, 6) is 0. The van der Waals surface area contributed by atoms with E-state index in [1.807, 2.05) is 54.6 Å². The van der Waals surface area contributed by atoms with Gasteiger partial charge in [-0.15, -0.1) is 0 Å². The van der Waals surface area contributed by atoms with Crippen LogP contribution in [0.5, 0.6) is 0 Å². The van der Waals surface area contributed by atoms with Crippen LogP contribution in [0.4, 0.5) is 28.4 Å². The Balaban J connectivity index is 0.000000139. The van der Waals surface area contributed by atoms with Crippen molar-refractivity contribution in [3.63, 3.8) is 0 Å². The topological polar surface area (TPSA) is 41.6 Å². The van der Waals surface area contributed by atoms with Crippen molar-refractivity contribution < 1.29 is 8.83 Å². The van der Waals surface area contributed by atoms with Gasteiger partial charge in [0.15, 0.2) is 0 Å². The summed E-state index contributed by atoms with van der Waals surface area (Å²) in [6, 6.07) is 132. The Morgan fingerprint density at radius 1 is 0.216 bits per heavy atom. The number of furan rings is 2. The van der Waals surface area contributed by atoms with Gasteiger partial charge in [0.2, 0.25) is 0 Å². The molecule has 0 spiro atoms. The van der Waals surface area contributed by atoms with Crippen LogP contribution in [-0.2, 0) is 0 Å². The van der Waals surface area contributed by atoms with Gasteiger partial charge >= 0.3 is 0 Å². The summed E-state index contributed by atoms with van der Waals surface area (Å²) in [5, 5.41) is 13.2. The predicted octanol–water partition coefficient (Wildman–Crippen LogP) is 27.1. The van der Waals surface area contributed by atoms with Crippen molar-refractivity contribution in [2.75, 3.05) is 10.2 Å². The lowest BCUT2D eigenvalue weighted by molar-refractivity contribution is 0.669. The molecule has 97 heavy (non-hydrogen) atoms. The summed E-state index contributed by atoms with van der Waals surface area (Å²) in [7, 11) is 0. The second kappa shape index (κ2) is 27.0. The van der Waals surface area contributed by atoms with Gasteiger partial charge in [-0.25, -0.2) is 0 Å². The first-order valence-corrected chi connectivity index (χ1v) is 33.5. The van der Waals surface area contributed by atoms with Gasteiger partial charge in [-0.3, -0.25) is 0 Å². The number of hydrogen-bond acceptors (Lipinski definition) is 4. The first-order valence-electron chi connectivity index (χ1n) is 32.7. The summed E-state index contributed by atoms with van der Waals surface area (Å²) in [6.45, 7) is 0. The molecule has 0 amide bonds. The number of benzene rings is 16. The molecule has 1 N–H and O–H groups in total. The highest BCUT2D eigenvalue weighted by molar-refractivity contribution is 9.10. The zero-order valence-corrected chi connectivity index (χ0v) is 54.5. The molecule has 0 atom stereocenters. The van der Waals surface area contributed by atoms with E-state index in [9.17, 15) is 0 Å². The number of halogens is 1. The van der Waals surface area contributed by atoms with Crippen LogP contribution >= 0.6 is 15.9 Å². The van der Waals surface area contributed by atoms with Gasteiger partial charge < -0.3 is 19.1 Å². The molecule has 0 unspecified atom stereocenters. The molecule has 4 nitrogen and oxygen atoms in total. The Labute approximate surface area is 572 Å².